The van der Waals surface area contributed by atoms with Gasteiger partial charge in [0.05, 0.1) is 11.3 Å². The fourth-order valence-corrected chi connectivity index (χ4v) is 3.73. The van der Waals surface area contributed by atoms with Crippen molar-refractivity contribution in [2.75, 3.05) is 5.32 Å². The van der Waals surface area contributed by atoms with E-state index in [-0.39, 0.29) is 5.78 Å². The zero-order valence-electron chi connectivity index (χ0n) is 9.45. The first-order valence-corrected chi connectivity index (χ1v) is 6.30. The molecule has 1 amide bonds. The first-order chi connectivity index (χ1) is 8.27. The van der Waals surface area contributed by atoms with Crippen LogP contribution in [0.15, 0.2) is 12.1 Å². The molecule has 3 aliphatic rings. The number of carbonyl (C=O) groups excluding carboxylic acids is 2. The minimum Gasteiger partial charge on any atom is -0.318 e. The molecule has 1 aromatic rings. The number of Topliss-reactive ketones (excluding diaryl/α,β-unsaturated/α-hetero) is 1. The van der Waals surface area contributed by atoms with Crippen molar-refractivity contribution >= 4 is 17.4 Å². The highest BCUT2D eigenvalue weighted by Crippen LogP contribution is 2.58. The lowest BCUT2D eigenvalue weighted by molar-refractivity contribution is -0.112. The average Bonchev–Trinajstić information content (AvgIpc) is 2.60. The fourth-order valence-electron chi connectivity index (χ4n) is 3.73. The fraction of sp³-hybridized carbons (Fsp3) is 0.429. The lowest BCUT2D eigenvalue weighted by atomic mass is 9.60. The van der Waals surface area contributed by atoms with E-state index in [1.807, 2.05) is 6.07 Å². The van der Waals surface area contributed by atoms with E-state index in [0.29, 0.717) is 17.4 Å². The summed E-state index contributed by atoms with van der Waals surface area (Å²) in [5.41, 5.74) is 4.02. The maximum absolute atomic E-state index is 11.6. The molecule has 0 bridgehead atoms. The van der Waals surface area contributed by atoms with E-state index in [4.69, 9.17) is 0 Å². The van der Waals surface area contributed by atoms with Crippen molar-refractivity contribution in [3.63, 3.8) is 0 Å². The number of nitrogens with one attached hydrogen (secondary N) is 1. The molecule has 1 N–H and O–H groups in total. The van der Waals surface area contributed by atoms with Gasteiger partial charge in [-0.1, -0.05) is 18.9 Å². The zero-order chi connectivity index (χ0) is 11.6. The minimum atomic E-state index is -0.465. The van der Waals surface area contributed by atoms with Gasteiger partial charge in [-0.15, -0.1) is 0 Å². The number of benzene rings is 1. The summed E-state index contributed by atoms with van der Waals surface area (Å²) in [6, 6.07) is 3.87. The van der Waals surface area contributed by atoms with Crippen LogP contribution < -0.4 is 5.32 Å². The lowest BCUT2D eigenvalue weighted by Crippen LogP contribution is -2.28. The predicted octanol–water partition coefficient (Wildman–Crippen LogP) is 2.58. The molecule has 17 heavy (non-hydrogen) atoms. The van der Waals surface area contributed by atoms with Crippen LogP contribution in [0.5, 0.6) is 0 Å². The lowest BCUT2D eigenvalue weighted by Gasteiger charge is -2.44. The predicted molar refractivity (Wildman–Crippen MR) is 63.4 cm³/mol. The molecule has 0 aromatic heterocycles. The number of anilines is 1. The summed E-state index contributed by atoms with van der Waals surface area (Å²) in [7, 11) is 0. The summed E-state index contributed by atoms with van der Waals surface area (Å²) in [4.78, 5) is 23.1. The molecule has 3 nitrogen and oxygen atoms in total. The van der Waals surface area contributed by atoms with Gasteiger partial charge < -0.3 is 5.32 Å². The van der Waals surface area contributed by atoms with Crippen LogP contribution in [0.3, 0.4) is 0 Å². The minimum absolute atomic E-state index is 0.373. The maximum Gasteiger partial charge on any atom is 0.296 e. The molecule has 0 saturated heterocycles. The second-order valence-corrected chi connectivity index (χ2v) is 5.27. The Bertz CT molecular complexity index is 562. The van der Waals surface area contributed by atoms with Gasteiger partial charge in [0, 0.05) is 0 Å². The standard InChI is InChI=1S/C14H13NO2/c16-13-10-6-5-9-7-3-1-2-4-8(7)11(9)12(10)15-14(13)17/h5-8H,1-4H2,(H,15,16,17). The van der Waals surface area contributed by atoms with Gasteiger partial charge in [0.2, 0.25) is 0 Å². The third-order valence-corrected chi connectivity index (χ3v) is 4.50. The molecule has 3 heteroatoms. The number of rotatable bonds is 0. The second kappa shape index (κ2) is 2.97. The number of carbonyl (C=O) groups is 2. The SMILES string of the molecule is O=C1Nc2c(ccc3c2C2CCCCC32)C1=O. The van der Waals surface area contributed by atoms with Crippen LogP contribution in [0.25, 0.3) is 0 Å². The molecule has 2 atom stereocenters. The van der Waals surface area contributed by atoms with Gasteiger partial charge >= 0.3 is 0 Å². The first kappa shape index (κ1) is 9.40. The Labute approximate surface area is 99.2 Å². The quantitative estimate of drug-likeness (QED) is 0.692. The first-order valence-electron chi connectivity index (χ1n) is 6.30. The van der Waals surface area contributed by atoms with Crippen LogP contribution >= 0.6 is 0 Å². The van der Waals surface area contributed by atoms with Crippen LogP contribution in [0.2, 0.25) is 0 Å². The Balaban J connectivity index is 1.89. The van der Waals surface area contributed by atoms with E-state index < -0.39 is 5.91 Å². The van der Waals surface area contributed by atoms with Crippen molar-refractivity contribution in [3.8, 4) is 0 Å². The molecule has 0 radical (unpaired) electrons. The Morgan fingerprint density at radius 2 is 1.82 bits per heavy atom. The van der Waals surface area contributed by atoms with Crippen molar-refractivity contribution in [3.05, 3.63) is 28.8 Å². The molecule has 86 valence electrons. The number of hydrogen-bond donors (Lipinski definition) is 1. The number of fused-ring (bicyclic) bond motifs is 6. The van der Waals surface area contributed by atoms with Gasteiger partial charge in [-0.05, 0) is 41.9 Å². The summed E-state index contributed by atoms with van der Waals surface area (Å²) >= 11 is 0. The monoisotopic (exact) mass is 227 g/mol. The summed E-state index contributed by atoms with van der Waals surface area (Å²) in [5.74, 6) is 0.422. The maximum atomic E-state index is 11.6. The summed E-state index contributed by atoms with van der Waals surface area (Å²) < 4.78 is 0. The van der Waals surface area contributed by atoms with E-state index in [1.165, 1.54) is 36.8 Å². The van der Waals surface area contributed by atoms with E-state index in [0.717, 1.165) is 5.69 Å². The summed E-state index contributed by atoms with van der Waals surface area (Å²) in [6.45, 7) is 0. The van der Waals surface area contributed by atoms with Gasteiger partial charge in [0.15, 0.2) is 0 Å². The molecule has 1 aromatic carbocycles. The van der Waals surface area contributed by atoms with Crippen molar-refractivity contribution in [2.45, 2.75) is 37.5 Å². The van der Waals surface area contributed by atoms with Gasteiger partial charge in [-0.2, -0.15) is 0 Å². The molecular formula is C14H13NO2. The van der Waals surface area contributed by atoms with Gasteiger partial charge in [0.1, 0.15) is 0 Å². The summed E-state index contributed by atoms with van der Waals surface area (Å²) in [6.07, 6.45) is 5.05. The van der Waals surface area contributed by atoms with E-state index in [1.54, 1.807) is 0 Å². The highest BCUT2D eigenvalue weighted by molar-refractivity contribution is 6.51. The van der Waals surface area contributed by atoms with Crippen molar-refractivity contribution in [1.29, 1.82) is 0 Å². The van der Waals surface area contributed by atoms with Gasteiger partial charge in [-0.3, -0.25) is 9.59 Å². The normalized spacial score (nSPS) is 28.9. The Morgan fingerprint density at radius 1 is 1.06 bits per heavy atom. The van der Waals surface area contributed by atoms with Crippen LogP contribution in [0, 0.1) is 0 Å². The average molecular weight is 227 g/mol. The van der Waals surface area contributed by atoms with Crippen LogP contribution in [0.1, 0.15) is 59.0 Å². The number of amides is 1. The molecule has 1 heterocycles. The molecular weight excluding hydrogens is 214 g/mol. The Morgan fingerprint density at radius 3 is 2.65 bits per heavy atom. The molecule has 1 fully saturated rings. The van der Waals surface area contributed by atoms with Crippen LogP contribution in [0.4, 0.5) is 5.69 Å². The third kappa shape index (κ3) is 1.02. The van der Waals surface area contributed by atoms with Gasteiger partial charge in [0.25, 0.3) is 11.7 Å². The second-order valence-electron chi connectivity index (χ2n) is 5.27. The van der Waals surface area contributed by atoms with E-state index >= 15 is 0 Å². The zero-order valence-corrected chi connectivity index (χ0v) is 9.45. The molecule has 1 saturated carbocycles. The molecule has 2 unspecified atom stereocenters. The number of ketones is 1. The van der Waals surface area contributed by atoms with E-state index in [9.17, 15) is 9.59 Å². The van der Waals surface area contributed by atoms with Crippen molar-refractivity contribution in [2.24, 2.45) is 0 Å². The van der Waals surface area contributed by atoms with Crippen LogP contribution in [-0.2, 0) is 4.79 Å². The summed E-state index contributed by atoms with van der Waals surface area (Å²) in [5, 5.41) is 2.75. The molecule has 1 aliphatic heterocycles. The number of hydrogen-bond acceptors (Lipinski definition) is 2. The third-order valence-electron chi connectivity index (χ3n) is 4.50. The topological polar surface area (TPSA) is 46.2 Å². The Hall–Kier alpha value is -1.64. The van der Waals surface area contributed by atoms with Crippen molar-refractivity contribution in [1.82, 2.24) is 0 Å². The highest BCUT2D eigenvalue weighted by Gasteiger charge is 2.44. The molecule has 4 rings (SSSR count). The molecule has 0 spiro atoms. The van der Waals surface area contributed by atoms with Gasteiger partial charge in [-0.25, -0.2) is 0 Å². The van der Waals surface area contributed by atoms with Crippen molar-refractivity contribution < 1.29 is 9.59 Å². The van der Waals surface area contributed by atoms with Crippen LogP contribution in [-0.4, -0.2) is 11.7 Å². The molecule has 2 aliphatic carbocycles. The highest BCUT2D eigenvalue weighted by atomic mass is 16.2. The Kier molecular flexibility index (Phi) is 1.64. The largest absolute Gasteiger partial charge is 0.318 e. The van der Waals surface area contributed by atoms with E-state index in [2.05, 4.69) is 11.4 Å². The smallest absolute Gasteiger partial charge is 0.296 e.